The number of rotatable bonds is 6. The number of anilines is 1. The molecule has 4 aromatic carbocycles. The lowest BCUT2D eigenvalue weighted by atomic mass is 9.98. The van der Waals surface area contributed by atoms with Crippen LogP contribution in [0, 0.1) is 17.0 Å². The van der Waals surface area contributed by atoms with Gasteiger partial charge in [-0.2, -0.15) is 5.10 Å². The van der Waals surface area contributed by atoms with Crippen LogP contribution in [0.5, 0.6) is 5.75 Å². The quantitative estimate of drug-likeness (QED) is 0.181. The highest BCUT2D eigenvalue weighted by molar-refractivity contribution is 6.03. The standard InChI is InChI=1S/C31H25N5O3/c1-20-11-16-27-26(17-20)30(22-7-4-3-5-8-22)33-31(32-27)35-29(23-9-6-10-24(18-23)36(37)38)19-28(34-35)21-12-14-25(39-2)15-13-21/h3-18,29H,19H2,1-2H3. The van der Waals surface area contributed by atoms with Crippen molar-refractivity contribution in [1.29, 1.82) is 0 Å². The largest absolute Gasteiger partial charge is 0.497 e. The second-order valence-corrected chi connectivity index (χ2v) is 9.45. The van der Waals surface area contributed by atoms with Crippen LogP contribution in [-0.4, -0.2) is 27.7 Å². The Kier molecular flexibility index (Phi) is 6.20. The SMILES string of the molecule is COc1ccc(C2=NN(c3nc(-c4ccccc4)c4cc(C)ccc4n3)C(c3cccc([N+](=O)[O-])c3)C2)cc1. The molecule has 0 fully saturated rings. The third kappa shape index (κ3) is 4.68. The number of ether oxygens (including phenoxy) is 1. The van der Waals surface area contributed by atoms with Crippen molar-refractivity contribution in [2.45, 2.75) is 19.4 Å². The number of non-ortho nitro benzene ring substituents is 1. The molecule has 0 saturated heterocycles. The van der Waals surface area contributed by atoms with Gasteiger partial charge in [-0.05, 0) is 54.4 Å². The van der Waals surface area contributed by atoms with Crippen LogP contribution in [0.4, 0.5) is 11.6 Å². The number of aryl methyl sites for hydroxylation is 1. The number of fused-ring (bicyclic) bond motifs is 1. The lowest BCUT2D eigenvalue weighted by molar-refractivity contribution is -0.384. The zero-order valence-corrected chi connectivity index (χ0v) is 21.5. The summed E-state index contributed by atoms with van der Waals surface area (Å²) < 4.78 is 5.32. The van der Waals surface area contributed by atoms with Gasteiger partial charge in [-0.25, -0.2) is 15.0 Å². The summed E-state index contributed by atoms with van der Waals surface area (Å²) in [5, 5.41) is 19.3. The molecular weight excluding hydrogens is 490 g/mol. The summed E-state index contributed by atoms with van der Waals surface area (Å²) in [6.07, 6.45) is 0.531. The van der Waals surface area contributed by atoms with Crippen molar-refractivity contribution in [3.05, 3.63) is 124 Å². The molecule has 6 rings (SSSR count). The summed E-state index contributed by atoms with van der Waals surface area (Å²) in [6.45, 7) is 2.05. The number of aromatic nitrogens is 2. The Morgan fingerprint density at radius 3 is 2.44 bits per heavy atom. The van der Waals surface area contributed by atoms with Crippen LogP contribution < -0.4 is 9.75 Å². The molecule has 0 radical (unpaired) electrons. The van der Waals surface area contributed by atoms with Crippen molar-refractivity contribution in [3.8, 4) is 17.0 Å². The number of nitrogens with zero attached hydrogens (tertiary/aromatic N) is 5. The zero-order valence-electron chi connectivity index (χ0n) is 21.5. The maximum Gasteiger partial charge on any atom is 0.269 e. The molecule has 0 amide bonds. The fourth-order valence-electron chi connectivity index (χ4n) is 4.91. The summed E-state index contributed by atoms with van der Waals surface area (Å²) in [4.78, 5) is 21.2. The lowest BCUT2D eigenvalue weighted by Gasteiger charge is -2.23. The Balaban J connectivity index is 1.53. The van der Waals surface area contributed by atoms with Crippen molar-refractivity contribution >= 4 is 28.3 Å². The maximum absolute atomic E-state index is 11.6. The Hall–Kier alpha value is -5.11. The van der Waals surface area contributed by atoms with E-state index >= 15 is 0 Å². The van der Waals surface area contributed by atoms with Crippen molar-refractivity contribution in [2.24, 2.45) is 5.10 Å². The summed E-state index contributed by atoms with van der Waals surface area (Å²) >= 11 is 0. The summed E-state index contributed by atoms with van der Waals surface area (Å²) in [5.41, 5.74) is 6.28. The third-order valence-electron chi connectivity index (χ3n) is 6.89. The van der Waals surface area contributed by atoms with E-state index < -0.39 is 0 Å². The Labute approximate surface area is 225 Å². The average molecular weight is 516 g/mol. The van der Waals surface area contributed by atoms with Crippen LogP contribution in [-0.2, 0) is 0 Å². The molecule has 39 heavy (non-hydrogen) atoms. The van der Waals surface area contributed by atoms with E-state index in [-0.39, 0.29) is 16.7 Å². The van der Waals surface area contributed by atoms with Gasteiger partial charge in [0.15, 0.2) is 0 Å². The van der Waals surface area contributed by atoms with Gasteiger partial charge < -0.3 is 4.74 Å². The van der Waals surface area contributed by atoms with E-state index in [1.807, 2.05) is 79.7 Å². The number of hydrogen-bond donors (Lipinski definition) is 0. The summed E-state index contributed by atoms with van der Waals surface area (Å²) in [5.74, 6) is 1.19. The number of methoxy groups -OCH3 is 1. The molecule has 0 N–H and O–H groups in total. The molecule has 1 aliphatic heterocycles. The van der Waals surface area contributed by atoms with E-state index in [1.54, 1.807) is 24.3 Å². The van der Waals surface area contributed by atoms with E-state index in [2.05, 4.69) is 6.07 Å². The van der Waals surface area contributed by atoms with E-state index in [9.17, 15) is 10.1 Å². The van der Waals surface area contributed by atoms with Crippen molar-refractivity contribution in [1.82, 2.24) is 9.97 Å². The minimum atomic E-state index is -0.379. The molecule has 1 atom stereocenters. The highest BCUT2D eigenvalue weighted by Gasteiger charge is 2.33. The van der Waals surface area contributed by atoms with Crippen LogP contribution in [0.2, 0.25) is 0 Å². The van der Waals surface area contributed by atoms with Gasteiger partial charge in [0.1, 0.15) is 5.75 Å². The predicted molar refractivity (Wildman–Crippen MR) is 152 cm³/mol. The van der Waals surface area contributed by atoms with E-state index in [0.717, 1.165) is 50.3 Å². The molecule has 0 aliphatic carbocycles. The summed E-state index contributed by atoms with van der Waals surface area (Å²) in [6, 6.07) is 30.2. The second-order valence-electron chi connectivity index (χ2n) is 9.45. The molecule has 8 heteroatoms. The van der Waals surface area contributed by atoms with Crippen LogP contribution in [0.1, 0.15) is 29.2 Å². The number of nitro benzene ring substituents is 1. The van der Waals surface area contributed by atoms with E-state index in [0.29, 0.717) is 12.4 Å². The molecule has 1 unspecified atom stereocenters. The number of hydrogen-bond acceptors (Lipinski definition) is 7. The molecule has 192 valence electrons. The molecule has 2 heterocycles. The van der Waals surface area contributed by atoms with Crippen molar-refractivity contribution in [3.63, 3.8) is 0 Å². The average Bonchev–Trinajstić information content (AvgIpc) is 3.43. The van der Waals surface area contributed by atoms with Crippen LogP contribution in [0.3, 0.4) is 0 Å². The first-order chi connectivity index (χ1) is 19.0. The van der Waals surface area contributed by atoms with Gasteiger partial charge in [-0.15, -0.1) is 0 Å². The van der Waals surface area contributed by atoms with E-state index in [4.69, 9.17) is 19.8 Å². The monoisotopic (exact) mass is 515 g/mol. The van der Waals surface area contributed by atoms with Gasteiger partial charge in [0.05, 0.1) is 35.0 Å². The van der Waals surface area contributed by atoms with Crippen molar-refractivity contribution in [2.75, 3.05) is 12.1 Å². The normalized spacial score (nSPS) is 14.9. The molecule has 1 aliphatic rings. The van der Waals surface area contributed by atoms with Gasteiger partial charge in [0.25, 0.3) is 5.69 Å². The molecule has 0 saturated carbocycles. The smallest absolute Gasteiger partial charge is 0.269 e. The van der Waals surface area contributed by atoms with Crippen LogP contribution >= 0.6 is 0 Å². The molecular formula is C31H25N5O3. The number of hydrazone groups is 1. The molecule has 0 spiro atoms. The lowest BCUT2D eigenvalue weighted by Crippen LogP contribution is -2.21. The molecule has 8 nitrogen and oxygen atoms in total. The second kappa shape index (κ2) is 9.98. The minimum Gasteiger partial charge on any atom is -0.497 e. The Morgan fingerprint density at radius 1 is 0.897 bits per heavy atom. The third-order valence-corrected chi connectivity index (χ3v) is 6.89. The molecule has 1 aromatic heterocycles. The highest BCUT2D eigenvalue weighted by Crippen LogP contribution is 2.38. The number of benzene rings is 4. The van der Waals surface area contributed by atoms with Gasteiger partial charge in [-0.3, -0.25) is 10.1 Å². The fourth-order valence-corrected chi connectivity index (χ4v) is 4.91. The van der Waals surface area contributed by atoms with Crippen LogP contribution in [0.15, 0.2) is 102 Å². The summed E-state index contributed by atoms with van der Waals surface area (Å²) in [7, 11) is 1.63. The minimum absolute atomic E-state index is 0.0326. The van der Waals surface area contributed by atoms with Gasteiger partial charge in [-0.1, -0.05) is 54.1 Å². The topological polar surface area (TPSA) is 93.8 Å². The highest BCUT2D eigenvalue weighted by atomic mass is 16.6. The maximum atomic E-state index is 11.6. The van der Waals surface area contributed by atoms with Crippen LogP contribution in [0.25, 0.3) is 22.2 Å². The first-order valence-electron chi connectivity index (χ1n) is 12.6. The first kappa shape index (κ1) is 24.2. The molecule has 0 bridgehead atoms. The van der Waals surface area contributed by atoms with Crippen molar-refractivity contribution < 1.29 is 9.66 Å². The predicted octanol–water partition coefficient (Wildman–Crippen LogP) is 6.88. The zero-order chi connectivity index (χ0) is 26.9. The van der Waals surface area contributed by atoms with E-state index in [1.165, 1.54) is 6.07 Å². The first-order valence-corrected chi connectivity index (χ1v) is 12.6. The fraction of sp³-hybridized carbons (Fsp3) is 0.129. The number of nitro groups is 1. The van der Waals surface area contributed by atoms with Gasteiger partial charge >= 0.3 is 0 Å². The van der Waals surface area contributed by atoms with Gasteiger partial charge in [0, 0.05) is 29.5 Å². The van der Waals surface area contributed by atoms with Gasteiger partial charge in [0.2, 0.25) is 5.95 Å². The Morgan fingerprint density at radius 2 is 1.69 bits per heavy atom. The molecule has 5 aromatic rings. The Bertz CT molecular complexity index is 1720.